The second-order valence-electron chi connectivity index (χ2n) is 5.27. The number of rotatable bonds is 3. The fourth-order valence-corrected chi connectivity index (χ4v) is 2.48. The van der Waals surface area contributed by atoms with E-state index in [1.54, 1.807) is 18.6 Å². The maximum Gasteiger partial charge on any atom is 0.232 e. The molecule has 0 radical (unpaired) electrons. The van der Waals surface area contributed by atoms with Crippen molar-refractivity contribution >= 4 is 5.91 Å². The van der Waals surface area contributed by atoms with E-state index in [4.69, 9.17) is 9.47 Å². The Bertz CT molecular complexity index is 450. The summed E-state index contributed by atoms with van der Waals surface area (Å²) in [5, 5.41) is 0. The van der Waals surface area contributed by atoms with Crippen molar-refractivity contribution in [2.75, 3.05) is 26.3 Å². The number of nitrogens with zero attached hydrogens (tertiary/aromatic N) is 3. The van der Waals surface area contributed by atoms with Gasteiger partial charge in [0, 0.05) is 24.9 Å². The second-order valence-corrected chi connectivity index (χ2v) is 5.27. The highest BCUT2D eigenvalue weighted by molar-refractivity contribution is 5.79. The quantitative estimate of drug-likeness (QED) is 0.820. The van der Waals surface area contributed by atoms with Crippen LogP contribution in [0.5, 0.6) is 5.88 Å². The summed E-state index contributed by atoms with van der Waals surface area (Å²) in [5.74, 6) is 0.929. The molecule has 0 bridgehead atoms. The van der Waals surface area contributed by atoms with E-state index in [1.165, 1.54) is 6.42 Å². The summed E-state index contributed by atoms with van der Waals surface area (Å²) in [4.78, 5) is 22.3. The molecule has 6 heteroatoms. The lowest BCUT2D eigenvalue weighted by Crippen LogP contribution is -2.44. The van der Waals surface area contributed by atoms with Crippen molar-refractivity contribution in [3.8, 4) is 5.88 Å². The minimum absolute atomic E-state index is 0.182. The lowest BCUT2D eigenvalue weighted by molar-refractivity contribution is -0.138. The van der Waals surface area contributed by atoms with E-state index in [0.29, 0.717) is 32.2 Å². The second kappa shape index (κ2) is 6.17. The molecule has 0 N–H and O–H groups in total. The monoisotopic (exact) mass is 277 g/mol. The molecule has 1 aliphatic heterocycles. The van der Waals surface area contributed by atoms with Gasteiger partial charge in [-0.1, -0.05) is 6.42 Å². The molecule has 2 heterocycles. The molecular formula is C14H19N3O3. The Morgan fingerprint density at radius 3 is 3.00 bits per heavy atom. The molecule has 20 heavy (non-hydrogen) atoms. The Morgan fingerprint density at radius 1 is 1.40 bits per heavy atom. The fourth-order valence-electron chi connectivity index (χ4n) is 2.48. The van der Waals surface area contributed by atoms with E-state index in [0.717, 1.165) is 12.8 Å². The minimum atomic E-state index is -0.182. The molecule has 108 valence electrons. The lowest BCUT2D eigenvalue weighted by atomic mass is 9.84. The van der Waals surface area contributed by atoms with Crippen molar-refractivity contribution in [1.82, 2.24) is 14.9 Å². The number of hydrogen-bond donors (Lipinski definition) is 0. The summed E-state index contributed by atoms with van der Waals surface area (Å²) in [5.41, 5.74) is 0. The molecule has 3 rings (SSSR count). The Hall–Kier alpha value is -1.69. The first-order chi connectivity index (χ1) is 9.83. The van der Waals surface area contributed by atoms with Crippen LogP contribution in [0.2, 0.25) is 0 Å². The summed E-state index contributed by atoms with van der Waals surface area (Å²) >= 11 is 0. The van der Waals surface area contributed by atoms with Crippen molar-refractivity contribution in [2.24, 2.45) is 5.92 Å². The van der Waals surface area contributed by atoms with Crippen molar-refractivity contribution in [1.29, 1.82) is 0 Å². The van der Waals surface area contributed by atoms with Crippen molar-refractivity contribution in [2.45, 2.75) is 25.4 Å². The highest BCUT2D eigenvalue weighted by atomic mass is 16.5. The van der Waals surface area contributed by atoms with Gasteiger partial charge in [-0.25, -0.2) is 4.98 Å². The van der Waals surface area contributed by atoms with Crippen molar-refractivity contribution in [3.05, 3.63) is 18.6 Å². The van der Waals surface area contributed by atoms with Gasteiger partial charge in [0.2, 0.25) is 11.8 Å². The van der Waals surface area contributed by atoms with Crippen LogP contribution in [0, 0.1) is 5.92 Å². The molecule has 0 aromatic carbocycles. The summed E-state index contributed by atoms with van der Waals surface area (Å²) in [7, 11) is 0. The molecule has 1 aromatic rings. The topological polar surface area (TPSA) is 64.6 Å². The normalized spacial score (nSPS) is 23.8. The number of hydrogen-bond acceptors (Lipinski definition) is 5. The zero-order valence-electron chi connectivity index (χ0n) is 11.4. The number of carbonyl (C=O) groups excluding carboxylic acids is 1. The third kappa shape index (κ3) is 3.07. The Kier molecular flexibility index (Phi) is 4.11. The summed E-state index contributed by atoms with van der Waals surface area (Å²) in [6, 6.07) is 0. The SMILES string of the molecule is O=C(C1CCC1)N1CCOCC(Oc2cnccn2)C1. The highest BCUT2D eigenvalue weighted by Gasteiger charge is 2.32. The maximum absolute atomic E-state index is 12.3. The van der Waals surface area contributed by atoms with E-state index in [-0.39, 0.29) is 17.9 Å². The van der Waals surface area contributed by atoms with Gasteiger partial charge in [0.1, 0.15) is 6.10 Å². The number of amides is 1. The molecule has 0 spiro atoms. The molecular weight excluding hydrogens is 258 g/mol. The van der Waals surface area contributed by atoms with Crippen LogP contribution in [-0.2, 0) is 9.53 Å². The van der Waals surface area contributed by atoms with Gasteiger partial charge in [-0.3, -0.25) is 9.78 Å². The van der Waals surface area contributed by atoms with Crippen LogP contribution in [0.3, 0.4) is 0 Å². The largest absolute Gasteiger partial charge is 0.469 e. The molecule has 6 nitrogen and oxygen atoms in total. The number of ether oxygens (including phenoxy) is 2. The summed E-state index contributed by atoms with van der Waals surface area (Å²) < 4.78 is 11.3. The van der Waals surface area contributed by atoms with Crippen LogP contribution in [-0.4, -0.2) is 53.2 Å². The van der Waals surface area contributed by atoms with Crippen molar-refractivity contribution < 1.29 is 14.3 Å². The minimum Gasteiger partial charge on any atom is -0.469 e. The Morgan fingerprint density at radius 2 is 2.30 bits per heavy atom. The Labute approximate surface area is 118 Å². The molecule has 1 saturated carbocycles. The lowest BCUT2D eigenvalue weighted by Gasteiger charge is -2.31. The molecule has 1 unspecified atom stereocenters. The first kappa shape index (κ1) is 13.3. The highest BCUT2D eigenvalue weighted by Crippen LogP contribution is 2.28. The van der Waals surface area contributed by atoms with Gasteiger partial charge in [-0.15, -0.1) is 0 Å². The van der Waals surface area contributed by atoms with Crippen LogP contribution >= 0.6 is 0 Å². The fraction of sp³-hybridized carbons (Fsp3) is 0.643. The zero-order valence-corrected chi connectivity index (χ0v) is 11.4. The Balaban J connectivity index is 1.61. The van der Waals surface area contributed by atoms with Gasteiger partial charge in [-0.05, 0) is 12.8 Å². The standard InChI is InChI=1S/C14H19N3O3/c18-14(11-2-1-3-11)17-6-7-19-10-12(9-17)20-13-8-15-4-5-16-13/h4-5,8,11-12H,1-3,6-7,9-10H2. The van der Waals surface area contributed by atoms with Crippen LogP contribution in [0.15, 0.2) is 18.6 Å². The smallest absolute Gasteiger partial charge is 0.232 e. The summed E-state index contributed by atoms with van der Waals surface area (Å²) in [6.45, 7) is 2.26. The predicted octanol–water partition coefficient (Wildman–Crippen LogP) is 0.883. The van der Waals surface area contributed by atoms with E-state index >= 15 is 0 Å². The third-order valence-electron chi connectivity index (χ3n) is 3.83. The number of aromatic nitrogens is 2. The zero-order chi connectivity index (χ0) is 13.8. The maximum atomic E-state index is 12.3. The van der Waals surface area contributed by atoms with Gasteiger partial charge in [-0.2, -0.15) is 0 Å². The third-order valence-corrected chi connectivity index (χ3v) is 3.83. The first-order valence-electron chi connectivity index (χ1n) is 7.12. The van der Waals surface area contributed by atoms with Gasteiger partial charge >= 0.3 is 0 Å². The molecule has 1 aromatic heterocycles. The molecule has 1 atom stereocenters. The molecule has 2 fully saturated rings. The summed E-state index contributed by atoms with van der Waals surface area (Å²) in [6.07, 6.45) is 7.78. The molecule has 1 aliphatic carbocycles. The van der Waals surface area contributed by atoms with Crippen LogP contribution in [0.25, 0.3) is 0 Å². The van der Waals surface area contributed by atoms with Gasteiger partial charge in [0.25, 0.3) is 0 Å². The van der Waals surface area contributed by atoms with E-state index in [9.17, 15) is 4.79 Å². The van der Waals surface area contributed by atoms with Gasteiger partial charge < -0.3 is 14.4 Å². The first-order valence-corrected chi connectivity index (χ1v) is 7.12. The molecule has 1 saturated heterocycles. The number of carbonyl (C=O) groups is 1. The predicted molar refractivity (Wildman–Crippen MR) is 71.2 cm³/mol. The van der Waals surface area contributed by atoms with Crippen LogP contribution in [0.4, 0.5) is 0 Å². The van der Waals surface area contributed by atoms with Crippen molar-refractivity contribution in [3.63, 3.8) is 0 Å². The van der Waals surface area contributed by atoms with E-state index in [2.05, 4.69) is 9.97 Å². The van der Waals surface area contributed by atoms with Gasteiger partial charge in [0.15, 0.2) is 0 Å². The van der Waals surface area contributed by atoms with Crippen LogP contribution in [0.1, 0.15) is 19.3 Å². The molecule has 2 aliphatic rings. The van der Waals surface area contributed by atoms with Gasteiger partial charge in [0.05, 0.1) is 26.0 Å². The average molecular weight is 277 g/mol. The average Bonchev–Trinajstić information content (AvgIpc) is 2.63. The van der Waals surface area contributed by atoms with E-state index in [1.807, 2.05) is 4.90 Å². The van der Waals surface area contributed by atoms with E-state index < -0.39 is 0 Å². The van der Waals surface area contributed by atoms with Crippen LogP contribution < -0.4 is 4.74 Å². The molecule has 1 amide bonds.